The summed E-state index contributed by atoms with van der Waals surface area (Å²) in [4.78, 5) is 15.6. The second-order valence-electron chi connectivity index (χ2n) is 4.32. The zero-order valence-electron chi connectivity index (χ0n) is 11.2. The van der Waals surface area contributed by atoms with E-state index in [9.17, 15) is 4.79 Å². The van der Waals surface area contributed by atoms with Crippen LogP contribution in [0.1, 0.15) is 16.2 Å². The Bertz CT molecular complexity index is 802. The van der Waals surface area contributed by atoms with Gasteiger partial charge in [0, 0.05) is 10.4 Å². The lowest BCUT2D eigenvalue weighted by atomic mass is 10.2. The highest BCUT2D eigenvalue weighted by Crippen LogP contribution is 2.24. The Balaban J connectivity index is 1.74. The van der Waals surface area contributed by atoms with E-state index in [1.54, 1.807) is 12.1 Å². The molecule has 22 heavy (non-hydrogen) atoms. The van der Waals surface area contributed by atoms with E-state index in [4.69, 9.17) is 26.6 Å². The molecule has 0 aliphatic rings. The summed E-state index contributed by atoms with van der Waals surface area (Å²) in [5, 5.41) is 8.06. The van der Waals surface area contributed by atoms with Gasteiger partial charge in [0.15, 0.2) is 6.61 Å². The highest BCUT2D eigenvalue weighted by atomic mass is 35.5. The molecule has 8 heteroatoms. The molecule has 6 nitrogen and oxygen atoms in total. The molecule has 1 amide bonds. The zero-order valence-corrected chi connectivity index (χ0v) is 12.7. The highest BCUT2D eigenvalue weighted by Gasteiger charge is 2.13. The maximum absolute atomic E-state index is 11.4. The van der Waals surface area contributed by atoms with Gasteiger partial charge >= 0.3 is 0 Å². The van der Waals surface area contributed by atoms with E-state index in [-0.39, 0.29) is 12.2 Å². The molecule has 1 aromatic carbocycles. The summed E-state index contributed by atoms with van der Waals surface area (Å²) in [7, 11) is 0. The quantitative estimate of drug-likeness (QED) is 0.773. The van der Waals surface area contributed by atoms with Crippen molar-refractivity contribution in [3.05, 3.63) is 51.4 Å². The summed E-state index contributed by atoms with van der Waals surface area (Å²) < 4.78 is 10.7. The largest absolute Gasteiger partial charge is 0.485 e. The maximum Gasteiger partial charge on any atom is 0.258 e. The number of halogens is 1. The normalized spacial score (nSPS) is 10.6. The van der Waals surface area contributed by atoms with Crippen molar-refractivity contribution in [1.82, 2.24) is 10.1 Å². The van der Waals surface area contributed by atoms with Crippen molar-refractivity contribution in [1.29, 1.82) is 0 Å². The average Bonchev–Trinajstić information content (AvgIpc) is 3.16. The molecule has 0 aliphatic heterocycles. The fraction of sp³-hybridized carbons (Fsp3) is 0.0714. The van der Waals surface area contributed by atoms with Crippen molar-refractivity contribution in [2.24, 2.45) is 5.73 Å². The lowest BCUT2D eigenvalue weighted by molar-refractivity contribution is 0.0995. The summed E-state index contributed by atoms with van der Waals surface area (Å²) >= 11 is 7.37. The second-order valence-corrected chi connectivity index (χ2v) is 5.54. The van der Waals surface area contributed by atoms with Crippen LogP contribution in [0.25, 0.3) is 11.5 Å². The van der Waals surface area contributed by atoms with Gasteiger partial charge < -0.3 is 15.0 Å². The molecule has 0 radical (unpaired) electrons. The van der Waals surface area contributed by atoms with E-state index in [2.05, 4.69) is 10.1 Å². The van der Waals surface area contributed by atoms with E-state index in [1.165, 1.54) is 17.4 Å². The van der Waals surface area contributed by atoms with Crippen molar-refractivity contribution in [3.8, 4) is 17.2 Å². The molecular weight excluding hydrogens is 326 g/mol. The number of carbonyl (C=O) groups excluding carboxylic acids is 1. The first-order chi connectivity index (χ1) is 10.6. The van der Waals surface area contributed by atoms with Crippen molar-refractivity contribution >= 4 is 28.8 Å². The number of nitrogens with zero attached hydrogens (tertiary/aromatic N) is 2. The molecule has 3 aromatic rings. The van der Waals surface area contributed by atoms with Gasteiger partial charge in [0.1, 0.15) is 5.75 Å². The Morgan fingerprint density at radius 2 is 2.27 bits per heavy atom. The van der Waals surface area contributed by atoms with Gasteiger partial charge in [-0.3, -0.25) is 4.79 Å². The number of benzene rings is 1. The molecule has 3 rings (SSSR count). The summed E-state index contributed by atoms with van der Waals surface area (Å²) in [6, 6.07) is 6.51. The van der Waals surface area contributed by atoms with Crippen LogP contribution in [0.4, 0.5) is 0 Å². The number of primary amides is 1. The third-order valence-electron chi connectivity index (χ3n) is 2.80. The second kappa shape index (κ2) is 6.17. The van der Waals surface area contributed by atoms with Crippen LogP contribution in [0.3, 0.4) is 0 Å². The van der Waals surface area contributed by atoms with Crippen molar-refractivity contribution in [3.63, 3.8) is 0 Å². The minimum Gasteiger partial charge on any atom is -0.485 e. The number of ether oxygens (including phenoxy) is 1. The van der Waals surface area contributed by atoms with Crippen LogP contribution < -0.4 is 10.5 Å². The smallest absolute Gasteiger partial charge is 0.258 e. The number of carbonyl (C=O) groups is 1. The third kappa shape index (κ3) is 3.10. The average molecular weight is 336 g/mol. The fourth-order valence-corrected chi connectivity index (χ4v) is 2.58. The van der Waals surface area contributed by atoms with Gasteiger partial charge in [-0.1, -0.05) is 16.8 Å². The van der Waals surface area contributed by atoms with Crippen LogP contribution in [-0.4, -0.2) is 16.0 Å². The SMILES string of the molecule is NC(=O)c1cc(Cl)ccc1OCc1noc(-c2ccsc2)n1. The minimum atomic E-state index is -0.621. The number of thiophene rings is 1. The van der Waals surface area contributed by atoms with Gasteiger partial charge in [-0.2, -0.15) is 16.3 Å². The molecule has 2 heterocycles. The molecule has 0 aliphatic carbocycles. The number of hydrogen-bond acceptors (Lipinski definition) is 6. The fourth-order valence-electron chi connectivity index (χ4n) is 1.78. The number of amides is 1. The van der Waals surface area contributed by atoms with Crippen molar-refractivity contribution in [2.45, 2.75) is 6.61 Å². The molecule has 0 saturated heterocycles. The number of aromatic nitrogens is 2. The topological polar surface area (TPSA) is 91.2 Å². The van der Waals surface area contributed by atoms with E-state index in [0.29, 0.717) is 22.5 Å². The van der Waals surface area contributed by atoms with Gasteiger partial charge in [0.25, 0.3) is 11.8 Å². The van der Waals surface area contributed by atoms with Gasteiger partial charge in [-0.15, -0.1) is 0 Å². The third-order valence-corrected chi connectivity index (χ3v) is 3.72. The van der Waals surface area contributed by atoms with Crippen LogP contribution in [0, 0.1) is 0 Å². The Morgan fingerprint density at radius 1 is 1.41 bits per heavy atom. The minimum absolute atomic E-state index is 0.0511. The zero-order chi connectivity index (χ0) is 15.5. The van der Waals surface area contributed by atoms with Crippen molar-refractivity contribution < 1.29 is 14.1 Å². The first kappa shape index (κ1) is 14.6. The predicted molar refractivity (Wildman–Crippen MR) is 81.9 cm³/mol. The van der Waals surface area contributed by atoms with Gasteiger partial charge in [-0.25, -0.2) is 0 Å². The Labute approximate surface area is 134 Å². The summed E-state index contributed by atoms with van der Waals surface area (Å²) in [6.45, 7) is 0.0511. The van der Waals surface area contributed by atoms with E-state index < -0.39 is 5.91 Å². The van der Waals surface area contributed by atoms with E-state index >= 15 is 0 Å². The Hall–Kier alpha value is -2.38. The molecule has 0 unspecified atom stereocenters. The van der Waals surface area contributed by atoms with Gasteiger partial charge in [0.05, 0.1) is 11.1 Å². The van der Waals surface area contributed by atoms with Crippen LogP contribution >= 0.6 is 22.9 Å². The highest BCUT2D eigenvalue weighted by molar-refractivity contribution is 7.08. The first-order valence-corrected chi connectivity index (χ1v) is 7.53. The molecule has 0 fully saturated rings. The molecule has 0 spiro atoms. The number of rotatable bonds is 5. The molecule has 2 N–H and O–H groups in total. The van der Waals surface area contributed by atoms with Crippen LogP contribution in [0.15, 0.2) is 39.5 Å². The van der Waals surface area contributed by atoms with Crippen LogP contribution in [0.2, 0.25) is 5.02 Å². The standard InChI is InChI=1S/C14H10ClN3O3S/c15-9-1-2-11(10(5-9)13(16)19)20-6-12-17-14(21-18-12)8-3-4-22-7-8/h1-5,7H,6H2,(H2,16,19). The first-order valence-electron chi connectivity index (χ1n) is 6.21. The molecule has 112 valence electrons. The summed E-state index contributed by atoms with van der Waals surface area (Å²) in [6.07, 6.45) is 0. The lowest BCUT2D eigenvalue weighted by Gasteiger charge is -2.07. The number of nitrogens with two attached hydrogens (primary N) is 1. The van der Waals surface area contributed by atoms with Crippen molar-refractivity contribution in [2.75, 3.05) is 0 Å². The van der Waals surface area contributed by atoms with Crippen LogP contribution in [0.5, 0.6) is 5.75 Å². The predicted octanol–water partition coefficient (Wildman–Crippen LogP) is 3.13. The van der Waals surface area contributed by atoms with Gasteiger partial charge in [-0.05, 0) is 29.6 Å². The number of hydrogen-bond donors (Lipinski definition) is 1. The van der Waals surface area contributed by atoms with Crippen LogP contribution in [-0.2, 0) is 6.61 Å². The Morgan fingerprint density at radius 3 is 3.00 bits per heavy atom. The van der Waals surface area contributed by atoms with E-state index in [0.717, 1.165) is 5.56 Å². The monoisotopic (exact) mass is 335 g/mol. The van der Waals surface area contributed by atoms with E-state index in [1.807, 2.05) is 16.8 Å². The molecule has 0 bridgehead atoms. The van der Waals surface area contributed by atoms with Gasteiger partial charge in [0.2, 0.25) is 5.82 Å². The lowest BCUT2D eigenvalue weighted by Crippen LogP contribution is -2.13. The summed E-state index contributed by atoms with van der Waals surface area (Å²) in [5.41, 5.74) is 6.35. The maximum atomic E-state index is 11.4. The molecule has 0 atom stereocenters. The summed E-state index contributed by atoms with van der Waals surface area (Å²) in [5.74, 6) is 0.487. The molecule has 0 saturated carbocycles. The molecular formula is C14H10ClN3O3S. The Kier molecular flexibility index (Phi) is 4.08. The molecule has 2 aromatic heterocycles.